The lowest BCUT2D eigenvalue weighted by molar-refractivity contribution is -0.155. The molecule has 3 saturated heterocycles. The van der Waals surface area contributed by atoms with Gasteiger partial charge in [0.15, 0.2) is 0 Å². The van der Waals surface area contributed by atoms with Crippen molar-refractivity contribution in [3.8, 4) is 0 Å². The third-order valence-electron chi connectivity index (χ3n) is 9.69. The average Bonchev–Trinajstić information content (AvgIpc) is 3.49. The van der Waals surface area contributed by atoms with Gasteiger partial charge in [-0.05, 0) is 44.1 Å². The maximum atomic E-state index is 14.5. The largest absolute Gasteiger partial charge is 0.396 e. The first-order valence-electron chi connectivity index (χ1n) is 15.6. The van der Waals surface area contributed by atoms with Crippen LogP contribution in [0.5, 0.6) is 0 Å². The third-order valence-corrected chi connectivity index (χ3v) is 9.69. The number of carbonyl (C=O) groups excluding carboxylic acids is 3. The van der Waals surface area contributed by atoms with E-state index in [1.807, 2.05) is 37.3 Å². The van der Waals surface area contributed by atoms with E-state index < -0.39 is 29.1 Å². The number of fused-ring (bicyclic) bond motifs is 1. The molecule has 1 aromatic carbocycles. The second kappa shape index (κ2) is 13.6. The first-order chi connectivity index (χ1) is 20.2. The Hall–Kier alpha value is -2.97. The molecule has 1 spiro atoms. The number of rotatable bonds is 16. The van der Waals surface area contributed by atoms with Crippen molar-refractivity contribution in [2.24, 2.45) is 17.8 Å². The van der Waals surface area contributed by atoms with Gasteiger partial charge >= 0.3 is 0 Å². The van der Waals surface area contributed by atoms with Crippen LogP contribution in [0.4, 0.5) is 0 Å². The number of aliphatic hydroxyl groups excluding tert-OH is 1. The molecular weight excluding hydrogens is 530 g/mol. The SMILES string of the molecule is C=CCN(CCCCC)C(=O)C1N(CCCCO)C(=O)[C@@H]2[C@H](C(=O)N(CC=C)Cc3ccccc3)[C@@]3(C)OC12CC3C. The molecule has 1 aromatic rings. The fourth-order valence-electron chi connectivity index (χ4n) is 7.59. The monoisotopic (exact) mass is 579 g/mol. The highest BCUT2D eigenvalue weighted by Gasteiger charge is 2.80. The normalized spacial score (nSPS) is 29.4. The summed E-state index contributed by atoms with van der Waals surface area (Å²) in [5.74, 6) is -1.96. The average molecular weight is 580 g/mol. The van der Waals surface area contributed by atoms with Gasteiger partial charge < -0.3 is 24.5 Å². The molecule has 3 unspecified atom stereocenters. The number of hydrogen-bond donors (Lipinski definition) is 1. The van der Waals surface area contributed by atoms with Crippen molar-refractivity contribution < 1.29 is 24.2 Å². The molecule has 3 aliphatic rings. The fourth-order valence-corrected chi connectivity index (χ4v) is 7.59. The highest BCUT2D eigenvalue weighted by molar-refractivity contribution is 5.99. The number of nitrogens with zero attached hydrogens (tertiary/aromatic N) is 3. The molecule has 4 rings (SSSR count). The molecular formula is C34H49N3O5. The van der Waals surface area contributed by atoms with E-state index >= 15 is 0 Å². The zero-order valence-corrected chi connectivity index (χ0v) is 25.7. The Morgan fingerprint density at radius 3 is 2.40 bits per heavy atom. The lowest BCUT2D eigenvalue weighted by Gasteiger charge is -2.39. The minimum Gasteiger partial charge on any atom is -0.396 e. The number of benzene rings is 1. The van der Waals surface area contributed by atoms with Crippen molar-refractivity contribution >= 4 is 17.7 Å². The van der Waals surface area contributed by atoms with Crippen LogP contribution in [0, 0.1) is 17.8 Å². The van der Waals surface area contributed by atoms with E-state index in [0.717, 1.165) is 24.8 Å². The molecule has 0 saturated carbocycles. The van der Waals surface area contributed by atoms with Gasteiger partial charge in [-0.15, -0.1) is 13.2 Å². The van der Waals surface area contributed by atoms with Crippen LogP contribution in [0.3, 0.4) is 0 Å². The number of carbonyl (C=O) groups is 3. The predicted octanol–water partition coefficient (Wildman–Crippen LogP) is 4.19. The van der Waals surface area contributed by atoms with Crippen LogP contribution < -0.4 is 0 Å². The van der Waals surface area contributed by atoms with E-state index in [2.05, 4.69) is 27.0 Å². The van der Waals surface area contributed by atoms with Gasteiger partial charge in [0.05, 0.1) is 17.4 Å². The van der Waals surface area contributed by atoms with Crippen LogP contribution in [-0.2, 0) is 25.7 Å². The first-order valence-corrected chi connectivity index (χ1v) is 15.6. The zero-order chi connectivity index (χ0) is 30.5. The standard InChI is InChI=1S/C34H49N3O5/c1-6-9-13-20-35(18-7-2)32(41)29-34-23-25(4)33(5,42-34)27(28(34)31(40)37(29)21-14-15-22-38)30(39)36(19-8-3)24-26-16-11-10-12-17-26/h7-8,10-12,16-17,25,27-29,38H,2-3,6,9,13-15,18-24H2,1,4-5H3/t25?,27-,28+,29?,33+,34?/m1/s1. The van der Waals surface area contributed by atoms with Crippen molar-refractivity contribution in [1.82, 2.24) is 14.7 Å². The Morgan fingerprint density at radius 2 is 1.76 bits per heavy atom. The summed E-state index contributed by atoms with van der Waals surface area (Å²) in [4.78, 5) is 48.6. The number of aliphatic hydroxyl groups is 1. The van der Waals surface area contributed by atoms with E-state index in [9.17, 15) is 19.5 Å². The van der Waals surface area contributed by atoms with E-state index in [1.165, 1.54) is 0 Å². The summed E-state index contributed by atoms with van der Waals surface area (Å²) in [7, 11) is 0. The highest BCUT2D eigenvalue weighted by Crippen LogP contribution is 2.65. The Bertz CT molecular complexity index is 1140. The second-order valence-electron chi connectivity index (χ2n) is 12.4. The fraction of sp³-hybridized carbons (Fsp3) is 0.618. The molecule has 1 N–H and O–H groups in total. The first kappa shape index (κ1) is 32.0. The summed E-state index contributed by atoms with van der Waals surface area (Å²) in [6.07, 6.45) is 7.96. The van der Waals surface area contributed by atoms with Crippen molar-refractivity contribution in [3.63, 3.8) is 0 Å². The minimum absolute atomic E-state index is 0.0114. The van der Waals surface area contributed by atoms with E-state index in [-0.39, 0.29) is 30.2 Å². The number of hydrogen-bond acceptors (Lipinski definition) is 5. The number of likely N-dealkylation sites (tertiary alicyclic amines) is 1. The molecule has 3 heterocycles. The highest BCUT2D eigenvalue weighted by atomic mass is 16.5. The van der Waals surface area contributed by atoms with Crippen LogP contribution in [0.25, 0.3) is 0 Å². The zero-order valence-electron chi connectivity index (χ0n) is 25.7. The van der Waals surface area contributed by atoms with Crippen molar-refractivity contribution in [2.45, 2.75) is 83.1 Å². The Kier molecular flexibility index (Phi) is 10.3. The van der Waals surface area contributed by atoms with Gasteiger partial charge in [-0.25, -0.2) is 0 Å². The quantitative estimate of drug-likeness (QED) is 0.234. The molecule has 0 aliphatic carbocycles. The summed E-state index contributed by atoms with van der Waals surface area (Å²) < 4.78 is 6.93. The lowest BCUT2D eigenvalue weighted by Crippen LogP contribution is -2.57. The van der Waals surface area contributed by atoms with E-state index in [4.69, 9.17) is 4.74 Å². The van der Waals surface area contributed by atoms with Gasteiger partial charge in [0.1, 0.15) is 11.6 Å². The van der Waals surface area contributed by atoms with E-state index in [1.54, 1.807) is 26.9 Å². The number of amides is 3. The predicted molar refractivity (Wildman–Crippen MR) is 163 cm³/mol. The number of ether oxygens (including phenoxy) is 1. The molecule has 42 heavy (non-hydrogen) atoms. The topological polar surface area (TPSA) is 90.4 Å². The molecule has 2 bridgehead atoms. The van der Waals surface area contributed by atoms with Gasteiger partial charge in [0.2, 0.25) is 17.7 Å². The Labute approximate surface area is 251 Å². The number of unbranched alkanes of at least 4 members (excludes halogenated alkanes) is 3. The van der Waals surface area contributed by atoms with E-state index in [0.29, 0.717) is 52.0 Å². The van der Waals surface area contributed by atoms with Gasteiger partial charge in [-0.2, -0.15) is 0 Å². The smallest absolute Gasteiger partial charge is 0.248 e. The molecule has 8 heteroatoms. The molecule has 8 nitrogen and oxygen atoms in total. The van der Waals surface area contributed by atoms with Crippen LogP contribution in [0.15, 0.2) is 55.6 Å². The van der Waals surface area contributed by atoms with Crippen molar-refractivity contribution in [2.75, 3.05) is 32.8 Å². The van der Waals surface area contributed by atoms with Crippen molar-refractivity contribution in [3.05, 3.63) is 61.2 Å². The maximum absolute atomic E-state index is 14.5. The van der Waals surface area contributed by atoms with Crippen LogP contribution in [-0.4, -0.2) is 87.6 Å². The third kappa shape index (κ3) is 5.68. The summed E-state index contributed by atoms with van der Waals surface area (Å²) in [6, 6.07) is 8.98. The Balaban J connectivity index is 1.74. The summed E-state index contributed by atoms with van der Waals surface area (Å²) in [5, 5.41) is 9.47. The van der Waals surface area contributed by atoms with Gasteiger partial charge in [-0.1, -0.05) is 69.2 Å². The molecule has 0 radical (unpaired) electrons. The summed E-state index contributed by atoms with van der Waals surface area (Å²) >= 11 is 0. The van der Waals surface area contributed by atoms with Crippen LogP contribution in [0.2, 0.25) is 0 Å². The molecule has 3 aliphatic heterocycles. The van der Waals surface area contributed by atoms with Crippen molar-refractivity contribution in [1.29, 1.82) is 0 Å². The molecule has 6 atom stereocenters. The minimum atomic E-state index is -1.08. The molecule has 3 amide bonds. The molecule has 3 fully saturated rings. The summed E-state index contributed by atoms with van der Waals surface area (Å²) in [5.41, 5.74) is -0.971. The maximum Gasteiger partial charge on any atom is 0.248 e. The second-order valence-corrected chi connectivity index (χ2v) is 12.4. The molecule has 0 aromatic heterocycles. The van der Waals surface area contributed by atoms with Gasteiger partial charge in [0.25, 0.3) is 0 Å². The summed E-state index contributed by atoms with van der Waals surface area (Å²) in [6.45, 7) is 16.0. The lowest BCUT2D eigenvalue weighted by atomic mass is 9.62. The Morgan fingerprint density at radius 1 is 1.07 bits per heavy atom. The van der Waals surface area contributed by atoms with Gasteiger partial charge in [0, 0.05) is 39.3 Å². The molecule has 230 valence electrons. The van der Waals surface area contributed by atoms with Crippen LogP contribution >= 0.6 is 0 Å². The van der Waals surface area contributed by atoms with Gasteiger partial charge in [-0.3, -0.25) is 14.4 Å². The van der Waals surface area contributed by atoms with Crippen LogP contribution in [0.1, 0.15) is 64.9 Å².